The lowest BCUT2D eigenvalue weighted by Crippen LogP contribution is -2.28. The van der Waals surface area contributed by atoms with Crippen molar-refractivity contribution in [3.05, 3.63) is 59.0 Å². The number of ether oxygens (including phenoxy) is 2. The Hall–Kier alpha value is -3.35. The largest absolute Gasteiger partial charge is 0.497 e. The van der Waals surface area contributed by atoms with Crippen LogP contribution < -0.4 is 20.3 Å². The molecule has 1 aromatic heterocycles. The Bertz CT molecular complexity index is 981. The van der Waals surface area contributed by atoms with Gasteiger partial charge in [0.05, 0.1) is 37.1 Å². The van der Waals surface area contributed by atoms with E-state index >= 15 is 0 Å². The summed E-state index contributed by atoms with van der Waals surface area (Å²) in [6, 6.07) is 12.2. The second-order valence-electron chi connectivity index (χ2n) is 5.29. The quantitative estimate of drug-likeness (QED) is 0.769. The first-order valence-electron chi connectivity index (χ1n) is 7.59. The van der Waals surface area contributed by atoms with Gasteiger partial charge in [-0.3, -0.25) is 14.2 Å². The molecule has 0 atom stereocenters. The fourth-order valence-electron chi connectivity index (χ4n) is 2.51. The van der Waals surface area contributed by atoms with Gasteiger partial charge in [0.1, 0.15) is 18.0 Å². The number of hydrogen-bond donors (Lipinski definition) is 1. The van der Waals surface area contributed by atoms with E-state index in [0.29, 0.717) is 28.2 Å². The van der Waals surface area contributed by atoms with Crippen molar-refractivity contribution in [3.63, 3.8) is 0 Å². The first-order valence-corrected chi connectivity index (χ1v) is 7.59. The number of fused-ring (bicyclic) bond motifs is 1. The summed E-state index contributed by atoms with van der Waals surface area (Å²) in [4.78, 5) is 28.6. The summed E-state index contributed by atoms with van der Waals surface area (Å²) in [6.07, 6.45) is 1.21. The molecule has 128 valence electrons. The summed E-state index contributed by atoms with van der Waals surface area (Å²) >= 11 is 0. The molecular weight excluding hydrogens is 322 g/mol. The van der Waals surface area contributed by atoms with E-state index in [2.05, 4.69) is 10.3 Å². The van der Waals surface area contributed by atoms with E-state index in [-0.39, 0.29) is 18.0 Å². The van der Waals surface area contributed by atoms with Crippen LogP contribution in [0.3, 0.4) is 0 Å². The third-order valence-electron chi connectivity index (χ3n) is 3.74. The van der Waals surface area contributed by atoms with E-state index in [1.807, 2.05) is 6.07 Å². The highest BCUT2D eigenvalue weighted by atomic mass is 16.5. The minimum absolute atomic E-state index is 0.128. The molecule has 25 heavy (non-hydrogen) atoms. The number of para-hydroxylation sites is 2. The number of carbonyl (C=O) groups excluding carboxylic acids is 1. The van der Waals surface area contributed by atoms with Crippen LogP contribution in [0.5, 0.6) is 11.5 Å². The highest BCUT2D eigenvalue weighted by Crippen LogP contribution is 2.29. The van der Waals surface area contributed by atoms with Gasteiger partial charge in [0.25, 0.3) is 5.56 Å². The van der Waals surface area contributed by atoms with Crippen LogP contribution in [0.4, 0.5) is 5.69 Å². The Balaban J connectivity index is 1.87. The van der Waals surface area contributed by atoms with Gasteiger partial charge >= 0.3 is 0 Å². The van der Waals surface area contributed by atoms with Gasteiger partial charge in [0.2, 0.25) is 5.91 Å². The monoisotopic (exact) mass is 339 g/mol. The third-order valence-corrected chi connectivity index (χ3v) is 3.74. The molecule has 7 heteroatoms. The minimum Gasteiger partial charge on any atom is -0.497 e. The predicted octanol–water partition coefficient (Wildman–Crippen LogP) is 2.05. The van der Waals surface area contributed by atoms with Crippen LogP contribution in [0.25, 0.3) is 11.0 Å². The number of methoxy groups -OCH3 is 2. The lowest BCUT2D eigenvalue weighted by Gasteiger charge is -2.13. The molecule has 2 aromatic carbocycles. The molecule has 1 heterocycles. The highest BCUT2D eigenvalue weighted by Gasteiger charge is 2.12. The van der Waals surface area contributed by atoms with Crippen molar-refractivity contribution in [3.8, 4) is 11.5 Å². The predicted molar refractivity (Wildman–Crippen MR) is 94.2 cm³/mol. The first kappa shape index (κ1) is 16.5. The van der Waals surface area contributed by atoms with Crippen molar-refractivity contribution in [1.29, 1.82) is 0 Å². The minimum atomic E-state index is -0.345. The molecule has 0 unspecified atom stereocenters. The van der Waals surface area contributed by atoms with Gasteiger partial charge in [-0.25, -0.2) is 4.98 Å². The van der Waals surface area contributed by atoms with E-state index in [4.69, 9.17) is 9.47 Å². The normalized spacial score (nSPS) is 10.5. The number of nitrogens with one attached hydrogen (secondary N) is 1. The Labute approximate surface area is 143 Å². The molecule has 3 aromatic rings. The molecule has 7 nitrogen and oxygen atoms in total. The standard InChI is InChI=1S/C18H17N3O4/c1-24-12-7-8-14(16(9-12)25-2)20-17(22)11-21-15-6-4-3-5-13(15)19-10-18(21)23/h3-10H,11H2,1-2H3,(H,20,22). The fraction of sp³-hybridized carbons (Fsp3) is 0.167. The number of hydrogen-bond acceptors (Lipinski definition) is 5. The second kappa shape index (κ2) is 7.04. The van der Waals surface area contributed by atoms with Crippen LogP contribution in [-0.4, -0.2) is 29.7 Å². The molecule has 0 saturated heterocycles. The lowest BCUT2D eigenvalue weighted by atomic mass is 10.2. The molecule has 1 N–H and O–H groups in total. The lowest BCUT2D eigenvalue weighted by molar-refractivity contribution is -0.116. The number of nitrogens with zero attached hydrogens (tertiary/aromatic N) is 2. The molecular formula is C18H17N3O4. The van der Waals surface area contributed by atoms with E-state index in [1.165, 1.54) is 17.9 Å². The Morgan fingerprint density at radius 2 is 1.96 bits per heavy atom. The van der Waals surface area contributed by atoms with Gasteiger partial charge in [-0.1, -0.05) is 12.1 Å². The topological polar surface area (TPSA) is 82.5 Å². The summed E-state index contributed by atoms with van der Waals surface area (Å²) in [5.74, 6) is 0.743. The zero-order chi connectivity index (χ0) is 17.8. The zero-order valence-corrected chi connectivity index (χ0v) is 13.9. The van der Waals surface area contributed by atoms with Gasteiger partial charge in [-0.2, -0.15) is 0 Å². The van der Waals surface area contributed by atoms with E-state index < -0.39 is 0 Å². The number of benzene rings is 2. The molecule has 0 bridgehead atoms. The van der Waals surface area contributed by atoms with Crippen molar-refractivity contribution in [2.45, 2.75) is 6.54 Å². The molecule has 0 aliphatic rings. The Morgan fingerprint density at radius 3 is 2.72 bits per heavy atom. The summed E-state index contributed by atoms with van der Waals surface area (Å²) < 4.78 is 11.8. The molecule has 0 radical (unpaired) electrons. The SMILES string of the molecule is COc1ccc(NC(=O)Cn2c(=O)cnc3ccccc32)c(OC)c1. The van der Waals surface area contributed by atoms with Crippen LogP contribution in [0.2, 0.25) is 0 Å². The van der Waals surface area contributed by atoms with Gasteiger partial charge in [-0.15, -0.1) is 0 Å². The van der Waals surface area contributed by atoms with Crippen molar-refractivity contribution >= 4 is 22.6 Å². The van der Waals surface area contributed by atoms with Crippen molar-refractivity contribution < 1.29 is 14.3 Å². The molecule has 0 aliphatic carbocycles. The smallest absolute Gasteiger partial charge is 0.269 e. The molecule has 0 aliphatic heterocycles. The average molecular weight is 339 g/mol. The second-order valence-corrected chi connectivity index (χ2v) is 5.29. The van der Waals surface area contributed by atoms with Crippen LogP contribution in [0.15, 0.2) is 53.5 Å². The molecule has 3 rings (SSSR count). The van der Waals surface area contributed by atoms with E-state index in [1.54, 1.807) is 43.5 Å². The summed E-state index contributed by atoms with van der Waals surface area (Å²) in [5, 5.41) is 2.75. The fourth-order valence-corrected chi connectivity index (χ4v) is 2.51. The Kier molecular flexibility index (Phi) is 4.65. The maximum Gasteiger partial charge on any atom is 0.269 e. The van der Waals surface area contributed by atoms with Crippen molar-refractivity contribution in [2.75, 3.05) is 19.5 Å². The van der Waals surface area contributed by atoms with Crippen LogP contribution in [0.1, 0.15) is 0 Å². The zero-order valence-electron chi connectivity index (χ0n) is 13.9. The Morgan fingerprint density at radius 1 is 1.16 bits per heavy atom. The number of carbonyl (C=O) groups is 1. The molecule has 0 spiro atoms. The summed E-state index contributed by atoms with van der Waals surface area (Å²) in [5.41, 5.74) is 1.42. The number of rotatable bonds is 5. The van der Waals surface area contributed by atoms with Gasteiger partial charge < -0.3 is 14.8 Å². The molecule has 1 amide bonds. The van der Waals surface area contributed by atoms with E-state index in [0.717, 1.165) is 0 Å². The maximum absolute atomic E-state index is 12.4. The number of aromatic nitrogens is 2. The number of amides is 1. The highest BCUT2D eigenvalue weighted by molar-refractivity contribution is 5.93. The third kappa shape index (κ3) is 3.45. The van der Waals surface area contributed by atoms with Gasteiger partial charge in [0.15, 0.2) is 0 Å². The van der Waals surface area contributed by atoms with Crippen LogP contribution in [0, 0.1) is 0 Å². The van der Waals surface area contributed by atoms with Crippen molar-refractivity contribution in [1.82, 2.24) is 9.55 Å². The van der Waals surface area contributed by atoms with Gasteiger partial charge in [0, 0.05) is 6.07 Å². The van der Waals surface area contributed by atoms with Crippen LogP contribution >= 0.6 is 0 Å². The molecule has 0 saturated carbocycles. The summed E-state index contributed by atoms with van der Waals surface area (Å²) in [7, 11) is 3.05. The van der Waals surface area contributed by atoms with Crippen LogP contribution in [-0.2, 0) is 11.3 Å². The number of anilines is 1. The summed E-state index contributed by atoms with van der Waals surface area (Å²) in [6.45, 7) is -0.128. The van der Waals surface area contributed by atoms with Gasteiger partial charge in [-0.05, 0) is 24.3 Å². The average Bonchev–Trinajstić information content (AvgIpc) is 2.64. The van der Waals surface area contributed by atoms with E-state index in [9.17, 15) is 9.59 Å². The first-order chi connectivity index (χ1) is 12.1. The maximum atomic E-state index is 12.4. The molecule has 0 fully saturated rings. The van der Waals surface area contributed by atoms with Crippen molar-refractivity contribution in [2.24, 2.45) is 0 Å².